The minimum Gasteiger partial charge on any atom is -0.480 e. The molecular formula is C11H11N3O6. The molecule has 106 valence electrons. The number of aromatic amines is 1. The Hall–Kier alpha value is -2.68. The van der Waals surface area contributed by atoms with Crippen LogP contribution < -0.4 is 5.56 Å². The van der Waals surface area contributed by atoms with Gasteiger partial charge in [-0.3, -0.25) is 4.79 Å². The number of H-pyrrole nitrogens is 1. The zero-order valence-electron chi connectivity index (χ0n) is 10.4. The van der Waals surface area contributed by atoms with Crippen LogP contribution in [0.15, 0.2) is 17.2 Å². The van der Waals surface area contributed by atoms with Crippen molar-refractivity contribution in [2.45, 2.75) is 6.04 Å². The summed E-state index contributed by atoms with van der Waals surface area (Å²) in [4.78, 5) is 34.3. The van der Waals surface area contributed by atoms with Crippen molar-refractivity contribution >= 4 is 11.9 Å². The number of hydrogen-bond acceptors (Lipinski definition) is 6. The highest BCUT2D eigenvalue weighted by atomic mass is 16.5. The number of methoxy groups -OCH3 is 1. The fourth-order valence-corrected chi connectivity index (χ4v) is 1.80. The van der Waals surface area contributed by atoms with Crippen molar-refractivity contribution in [3.63, 3.8) is 0 Å². The maximum absolute atomic E-state index is 11.7. The Kier molecular flexibility index (Phi) is 3.53. The van der Waals surface area contributed by atoms with E-state index in [-0.39, 0.29) is 16.8 Å². The van der Waals surface area contributed by atoms with Crippen LogP contribution in [0.2, 0.25) is 0 Å². The molecule has 0 aliphatic carbocycles. The van der Waals surface area contributed by atoms with E-state index < -0.39 is 30.1 Å². The maximum Gasteiger partial charge on any atom is 0.341 e. The summed E-state index contributed by atoms with van der Waals surface area (Å²) >= 11 is 0. The second-order valence-electron chi connectivity index (χ2n) is 3.96. The third-order valence-electron chi connectivity index (χ3n) is 2.80. The third-order valence-corrected chi connectivity index (χ3v) is 2.80. The Balaban J connectivity index is 2.70. The molecule has 9 heteroatoms. The number of aliphatic carboxylic acids is 1. The number of carboxylic acid groups (broad SMARTS) is 1. The van der Waals surface area contributed by atoms with Gasteiger partial charge in [-0.25, -0.2) is 14.7 Å². The first kappa shape index (κ1) is 13.7. The van der Waals surface area contributed by atoms with E-state index >= 15 is 0 Å². The van der Waals surface area contributed by atoms with Crippen molar-refractivity contribution in [2.24, 2.45) is 0 Å². The second-order valence-corrected chi connectivity index (χ2v) is 3.96. The number of aromatic nitrogens is 3. The number of hydrogen-bond donors (Lipinski definition) is 3. The summed E-state index contributed by atoms with van der Waals surface area (Å²) in [5.41, 5.74) is -0.516. The van der Waals surface area contributed by atoms with Crippen molar-refractivity contribution in [3.05, 3.63) is 28.3 Å². The van der Waals surface area contributed by atoms with Crippen molar-refractivity contribution in [3.8, 4) is 11.3 Å². The predicted octanol–water partition coefficient (Wildman–Crippen LogP) is -0.919. The zero-order chi connectivity index (χ0) is 14.9. The fourth-order valence-electron chi connectivity index (χ4n) is 1.80. The van der Waals surface area contributed by atoms with Crippen LogP contribution in [0.4, 0.5) is 0 Å². The minimum absolute atomic E-state index is 0.0348. The summed E-state index contributed by atoms with van der Waals surface area (Å²) in [6, 6.07) is -1.32. The number of aliphatic hydroxyl groups is 1. The van der Waals surface area contributed by atoms with E-state index in [1.165, 1.54) is 12.4 Å². The largest absolute Gasteiger partial charge is 0.480 e. The number of pyridine rings is 1. The highest BCUT2D eigenvalue weighted by molar-refractivity contribution is 5.96. The molecule has 2 heterocycles. The van der Waals surface area contributed by atoms with Crippen LogP contribution in [0.3, 0.4) is 0 Å². The van der Waals surface area contributed by atoms with Gasteiger partial charge in [0.25, 0.3) is 5.56 Å². The number of carboxylic acids is 1. The van der Waals surface area contributed by atoms with Gasteiger partial charge in [0, 0.05) is 12.4 Å². The first-order valence-corrected chi connectivity index (χ1v) is 5.51. The van der Waals surface area contributed by atoms with Crippen LogP contribution in [0.1, 0.15) is 16.4 Å². The molecule has 0 aromatic heterocycles. The molecule has 2 rings (SSSR count). The SMILES string of the molecule is COC(=O)c1cn(C(CO)C(=O)O)cc2c(=O)[nH]nc1-2. The molecular weight excluding hydrogens is 270 g/mol. The molecule has 0 radical (unpaired) electrons. The standard InChI is InChI=1S/C11H11N3O6/c1-20-11(19)6-3-14(7(4-15)10(17)18)2-5-8(6)12-13-9(5)16/h2-3,7,15H,4H2,1H3,(H,13,16)(H,17,18). The lowest BCUT2D eigenvalue weighted by Gasteiger charge is -2.16. The van der Waals surface area contributed by atoms with Crippen molar-refractivity contribution in [1.29, 1.82) is 0 Å². The molecule has 9 nitrogen and oxygen atoms in total. The zero-order valence-corrected chi connectivity index (χ0v) is 10.4. The molecule has 0 saturated carbocycles. The number of carbonyl (C=O) groups excluding carboxylic acids is 1. The maximum atomic E-state index is 11.7. The molecule has 20 heavy (non-hydrogen) atoms. The highest BCUT2D eigenvalue weighted by Gasteiger charge is 2.26. The number of aliphatic hydroxyl groups excluding tert-OH is 1. The molecule has 0 saturated heterocycles. The molecule has 0 aromatic carbocycles. The number of nitrogens with one attached hydrogen (secondary N) is 1. The Labute approximate surface area is 111 Å². The van der Waals surface area contributed by atoms with Crippen molar-refractivity contribution in [2.75, 3.05) is 13.7 Å². The molecule has 0 fully saturated rings. The minimum atomic E-state index is -1.32. The molecule has 0 spiro atoms. The molecule has 2 aliphatic heterocycles. The highest BCUT2D eigenvalue weighted by Crippen LogP contribution is 2.22. The van der Waals surface area contributed by atoms with Gasteiger partial charge in [0.2, 0.25) is 0 Å². The average molecular weight is 281 g/mol. The lowest BCUT2D eigenvalue weighted by molar-refractivity contribution is -0.142. The van der Waals surface area contributed by atoms with Gasteiger partial charge in [0.15, 0.2) is 6.04 Å². The summed E-state index contributed by atoms with van der Waals surface area (Å²) in [6.07, 6.45) is 2.38. The number of esters is 1. The van der Waals surface area contributed by atoms with Crippen LogP contribution >= 0.6 is 0 Å². The number of nitrogens with zero attached hydrogens (tertiary/aromatic N) is 2. The molecule has 2 aliphatic rings. The summed E-state index contributed by atoms with van der Waals surface area (Å²) in [7, 11) is 1.15. The van der Waals surface area contributed by atoms with Gasteiger partial charge < -0.3 is 19.5 Å². The van der Waals surface area contributed by atoms with Crippen LogP contribution in [0.25, 0.3) is 11.3 Å². The van der Waals surface area contributed by atoms with Crippen LogP contribution in [0.5, 0.6) is 0 Å². The van der Waals surface area contributed by atoms with E-state index in [9.17, 15) is 14.4 Å². The van der Waals surface area contributed by atoms with Gasteiger partial charge in [0.05, 0.1) is 19.3 Å². The third kappa shape index (κ3) is 2.14. The van der Waals surface area contributed by atoms with Gasteiger partial charge >= 0.3 is 11.9 Å². The van der Waals surface area contributed by atoms with E-state index in [4.69, 9.17) is 10.2 Å². The topological polar surface area (TPSA) is 135 Å². The van der Waals surface area contributed by atoms with Gasteiger partial charge in [-0.05, 0) is 0 Å². The fraction of sp³-hybridized carbons (Fsp3) is 0.273. The normalized spacial score (nSPS) is 12.3. The summed E-state index contributed by atoms with van der Waals surface area (Å²) < 4.78 is 5.63. The molecule has 1 atom stereocenters. The number of carbonyl (C=O) groups is 2. The molecule has 0 amide bonds. The van der Waals surface area contributed by atoms with Crippen LogP contribution in [-0.2, 0) is 9.53 Å². The molecule has 1 unspecified atom stereocenters. The molecule has 3 N–H and O–H groups in total. The first-order valence-electron chi connectivity index (χ1n) is 5.51. The van der Waals surface area contributed by atoms with Crippen LogP contribution in [-0.4, -0.2) is 50.6 Å². The Morgan fingerprint density at radius 2 is 2.20 bits per heavy atom. The van der Waals surface area contributed by atoms with E-state index in [1.54, 1.807) is 0 Å². The predicted molar refractivity (Wildman–Crippen MR) is 64.6 cm³/mol. The average Bonchev–Trinajstić information content (AvgIpc) is 2.79. The van der Waals surface area contributed by atoms with E-state index in [0.29, 0.717) is 0 Å². The quantitative estimate of drug-likeness (QED) is 0.617. The summed E-state index contributed by atoms with van der Waals surface area (Å²) in [5, 5.41) is 24.0. The molecule has 0 aromatic rings. The number of fused-ring (bicyclic) bond motifs is 1. The first-order chi connectivity index (χ1) is 9.49. The van der Waals surface area contributed by atoms with Gasteiger partial charge in [-0.2, -0.15) is 5.10 Å². The Morgan fingerprint density at radius 3 is 2.75 bits per heavy atom. The number of rotatable bonds is 4. The summed E-state index contributed by atoms with van der Waals surface area (Å²) in [5.74, 6) is -2.07. The van der Waals surface area contributed by atoms with Crippen molar-refractivity contribution in [1.82, 2.24) is 14.8 Å². The Bertz CT molecular complexity index is 688. The van der Waals surface area contributed by atoms with Crippen molar-refractivity contribution < 1.29 is 24.5 Å². The second kappa shape index (κ2) is 5.13. The van der Waals surface area contributed by atoms with Gasteiger partial charge in [-0.15, -0.1) is 0 Å². The monoisotopic (exact) mass is 281 g/mol. The number of ether oxygens (including phenoxy) is 1. The smallest absolute Gasteiger partial charge is 0.341 e. The summed E-state index contributed by atoms with van der Waals surface area (Å²) in [6.45, 7) is -0.696. The van der Waals surface area contributed by atoms with Gasteiger partial charge in [0.1, 0.15) is 11.3 Å². The lowest BCUT2D eigenvalue weighted by Crippen LogP contribution is -2.24. The molecule has 0 bridgehead atoms. The van der Waals surface area contributed by atoms with E-state index in [0.717, 1.165) is 11.7 Å². The van der Waals surface area contributed by atoms with Crippen LogP contribution in [0, 0.1) is 0 Å². The van der Waals surface area contributed by atoms with E-state index in [2.05, 4.69) is 14.9 Å². The lowest BCUT2D eigenvalue weighted by atomic mass is 10.1. The Morgan fingerprint density at radius 1 is 1.50 bits per heavy atom. The van der Waals surface area contributed by atoms with E-state index in [1.807, 2.05) is 0 Å². The van der Waals surface area contributed by atoms with Gasteiger partial charge in [-0.1, -0.05) is 0 Å².